The summed E-state index contributed by atoms with van der Waals surface area (Å²) in [5, 5.41) is 3.31. The van der Waals surface area contributed by atoms with Gasteiger partial charge in [-0.3, -0.25) is 4.98 Å². The molecule has 0 spiro atoms. The number of amides is 3. The van der Waals surface area contributed by atoms with Gasteiger partial charge in [-0.05, 0) is 85.8 Å². The normalized spacial score (nSPS) is 18.2. The fourth-order valence-electron chi connectivity index (χ4n) is 4.54. The van der Waals surface area contributed by atoms with Crippen molar-refractivity contribution in [3.63, 3.8) is 0 Å². The standard InChI is InChI=1S/C31H52N4O6Si/c1-28(2,3)39-25(36)33-22-17-21(14-16-42-31(10,11)12)19-34(20-22)23-13-15-32-18-24(23)35(26(37)40-29(4,5)6)27(38)41-30(7,8)9/h13,15,18,21-22H,14,16-17,19-20H2,1-12H3,(H,33,36)/t21-,22+/m1/s1. The highest BCUT2D eigenvalue weighted by Crippen LogP contribution is 2.35. The van der Waals surface area contributed by atoms with Gasteiger partial charge in [0.15, 0.2) is 0 Å². The quantitative estimate of drug-likeness (QED) is 0.268. The third-order valence-corrected chi connectivity index (χ3v) is 7.58. The first-order valence-corrected chi connectivity index (χ1v) is 15.9. The zero-order valence-electron chi connectivity index (χ0n) is 27.7. The molecular weight excluding hydrogens is 552 g/mol. The molecule has 0 aliphatic carbocycles. The molecule has 1 aliphatic heterocycles. The van der Waals surface area contributed by atoms with E-state index in [2.05, 4.69) is 36.0 Å². The number of ether oxygens (including phenoxy) is 3. The van der Waals surface area contributed by atoms with Crippen LogP contribution in [0.15, 0.2) is 18.5 Å². The van der Waals surface area contributed by atoms with Crippen molar-refractivity contribution in [1.29, 1.82) is 0 Å². The molecule has 0 unspecified atom stereocenters. The van der Waals surface area contributed by atoms with Crippen molar-refractivity contribution in [3.8, 4) is 0 Å². The summed E-state index contributed by atoms with van der Waals surface area (Å²) in [5.41, 5.74) is -1.42. The number of pyridine rings is 1. The SMILES string of the molecule is CC(C)(C)OC(=O)N[C@H]1C[C@@H](CC[Si]C(C)(C)C)CN(c2ccncc2N(C(=O)OC(C)(C)C)C(=O)OC(C)(C)C)C1. The molecule has 1 aromatic rings. The Labute approximate surface area is 255 Å². The zero-order valence-corrected chi connectivity index (χ0v) is 28.7. The molecular formula is C31H52N4O6Si. The number of carbonyl (C=O) groups is 3. The number of rotatable bonds is 6. The Balaban J connectivity index is 2.48. The molecule has 1 aliphatic rings. The van der Waals surface area contributed by atoms with E-state index in [-0.39, 0.29) is 22.7 Å². The molecule has 0 bridgehead atoms. The van der Waals surface area contributed by atoms with E-state index in [1.807, 2.05) is 20.8 Å². The minimum absolute atomic E-state index is 0.200. The van der Waals surface area contributed by atoms with Crippen LogP contribution in [0.3, 0.4) is 0 Å². The van der Waals surface area contributed by atoms with Crippen LogP contribution in [0.2, 0.25) is 11.1 Å². The maximum Gasteiger partial charge on any atom is 0.424 e. The molecule has 11 heteroatoms. The van der Waals surface area contributed by atoms with Crippen molar-refractivity contribution in [2.24, 2.45) is 5.92 Å². The summed E-state index contributed by atoms with van der Waals surface area (Å²) in [7, 11) is 0.809. The Morgan fingerprint density at radius 1 is 0.905 bits per heavy atom. The van der Waals surface area contributed by atoms with Gasteiger partial charge < -0.3 is 24.4 Å². The summed E-state index contributed by atoms with van der Waals surface area (Å²) < 4.78 is 16.8. The molecule has 0 aromatic carbocycles. The molecule has 1 aromatic heterocycles. The van der Waals surface area contributed by atoms with Gasteiger partial charge >= 0.3 is 18.3 Å². The van der Waals surface area contributed by atoms with Gasteiger partial charge in [-0.2, -0.15) is 4.90 Å². The molecule has 2 rings (SSSR count). The molecule has 42 heavy (non-hydrogen) atoms. The van der Waals surface area contributed by atoms with Crippen molar-refractivity contribution in [3.05, 3.63) is 18.5 Å². The summed E-state index contributed by atoms with van der Waals surface area (Å²) in [4.78, 5) is 46.9. The topological polar surface area (TPSA) is 110 Å². The molecule has 10 nitrogen and oxygen atoms in total. The van der Waals surface area contributed by atoms with E-state index < -0.39 is 35.1 Å². The van der Waals surface area contributed by atoms with E-state index >= 15 is 0 Å². The molecule has 2 atom stereocenters. The van der Waals surface area contributed by atoms with E-state index in [9.17, 15) is 14.4 Å². The molecule has 2 radical (unpaired) electrons. The number of hydrogen-bond acceptors (Lipinski definition) is 8. The van der Waals surface area contributed by atoms with Crippen LogP contribution in [0.5, 0.6) is 0 Å². The first kappa shape index (κ1) is 35.4. The Morgan fingerprint density at radius 3 is 1.95 bits per heavy atom. The number of alkyl carbamates (subject to hydrolysis) is 1. The molecule has 2 heterocycles. The van der Waals surface area contributed by atoms with Gasteiger partial charge in [0.25, 0.3) is 0 Å². The molecule has 236 valence electrons. The lowest BCUT2D eigenvalue weighted by molar-refractivity contribution is 0.0427. The van der Waals surface area contributed by atoms with Gasteiger partial charge in [-0.15, -0.1) is 0 Å². The van der Waals surface area contributed by atoms with Crippen molar-refractivity contribution in [2.45, 2.75) is 130 Å². The third kappa shape index (κ3) is 12.6. The Kier molecular flexibility index (Phi) is 11.5. The number of hydrogen-bond donors (Lipinski definition) is 1. The first-order chi connectivity index (χ1) is 19.0. The van der Waals surface area contributed by atoms with Crippen LogP contribution >= 0.6 is 0 Å². The second-order valence-electron chi connectivity index (χ2n) is 15.0. The number of aromatic nitrogens is 1. The van der Waals surface area contributed by atoms with Crippen LogP contribution in [0.25, 0.3) is 0 Å². The molecule has 3 amide bonds. The molecule has 1 fully saturated rings. The van der Waals surface area contributed by atoms with Gasteiger partial charge in [0, 0.05) is 28.8 Å². The number of piperidine rings is 1. The zero-order chi connectivity index (χ0) is 32.1. The highest BCUT2D eigenvalue weighted by molar-refractivity contribution is 6.39. The highest BCUT2D eigenvalue weighted by atomic mass is 28.2. The Bertz CT molecular complexity index is 1060. The van der Waals surface area contributed by atoms with Crippen LogP contribution in [0.4, 0.5) is 25.8 Å². The minimum Gasteiger partial charge on any atom is -0.444 e. The van der Waals surface area contributed by atoms with Crippen molar-refractivity contribution in [2.75, 3.05) is 22.9 Å². The summed E-state index contributed by atoms with van der Waals surface area (Å²) in [6.45, 7) is 23.8. The average molecular weight is 605 g/mol. The fourth-order valence-corrected chi connectivity index (χ4v) is 5.85. The van der Waals surface area contributed by atoms with E-state index in [4.69, 9.17) is 14.2 Å². The van der Waals surface area contributed by atoms with E-state index in [1.165, 1.54) is 6.20 Å². The van der Waals surface area contributed by atoms with Gasteiger partial charge in [0.1, 0.15) is 22.5 Å². The second kappa shape index (κ2) is 13.6. The lowest BCUT2D eigenvalue weighted by Crippen LogP contribution is -2.52. The van der Waals surface area contributed by atoms with Crippen LogP contribution in [0.1, 0.15) is 95.9 Å². The second-order valence-corrected chi connectivity index (χ2v) is 17.3. The van der Waals surface area contributed by atoms with Gasteiger partial charge in [0.2, 0.25) is 0 Å². The van der Waals surface area contributed by atoms with E-state index in [0.717, 1.165) is 33.3 Å². The molecule has 1 N–H and O–H groups in total. The van der Waals surface area contributed by atoms with Gasteiger partial charge in [-0.1, -0.05) is 33.2 Å². The molecule has 0 saturated carbocycles. The van der Waals surface area contributed by atoms with Crippen molar-refractivity contribution in [1.82, 2.24) is 10.3 Å². The fraction of sp³-hybridized carbons (Fsp3) is 0.742. The lowest BCUT2D eigenvalue weighted by atomic mass is 9.91. The number of carbonyl (C=O) groups excluding carboxylic acids is 3. The average Bonchev–Trinajstić information content (AvgIpc) is 2.74. The van der Waals surface area contributed by atoms with Crippen molar-refractivity contribution >= 4 is 39.2 Å². The number of nitrogens with zero attached hydrogens (tertiary/aromatic N) is 3. The summed E-state index contributed by atoms with van der Waals surface area (Å²) >= 11 is 0. The smallest absolute Gasteiger partial charge is 0.424 e. The first-order valence-electron chi connectivity index (χ1n) is 14.7. The van der Waals surface area contributed by atoms with Crippen LogP contribution < -0.4 is 15.1 Å². The third-order valence-electron chi connectivity index (χ3n) is 5.98. The summed E-state index contributed by atoms with van der Waals surface area (Å²) in [6.07, 6.45) is 2.72. The maximum absolute atomic E-state index is 13.4. The predicted octanol–water partition coefficient (Wildman–Crippen LogP) is 7.21. The van der Waals surface area contributed by atoms with Crippen LogP contribution in [-0.2, 0) is 14.2 Å². The van der Waals surface area contributed by atoms with Crippen molar-refractivity contribution < 1.29 is 28.6 Å². The van der Waals surface area contributed by atoms with Gasteiger partial charge in [-0.25, -0.2) is 14.4 Å². The minimum atomic E-state index is -0.852. The van der Waals surface area contributed by atoms with Crippen LogP contribution in [-0.4, -0.2) is 68.7 Å². The van der Waals surface area contributed by atoms with E-state index in [0.29, 0.717) is 18.8 Å². The van der Waals surface area contributed by atoms with Gasteiger partial charge in [0.05, 0.1) is 17.9 Å². The lowest BCUT2D eigenvalue weighted by Gasteiger charge is -2.41. The highest BCUT2D eigenvalue weighted by Gasteiger charge is 2.37. The number of nitrogens with one attached hydrogen (secondary N) is 1. The number of imide groups is 1. The Morgan fingerprint density at radius 2 is 1.45 bits per heavy atom. The monoisotopic (exact) mass is 604 g/mol. The predicted molar refractivity (Wildman–Crippen MR) is 168 cm³/mol. The van der Waals surface area contributed by atoms with E-state index in [1.54, 1.807) is 53.8 Å². The Hall–Kier alpha value is -2.82. The number of anilines is 2. The summed E-state index contributed by atoms with van der Waals surface area (Å²) in [5.74, 6) is 0.269. The van der Waals surface area contributed by atoms with Crippen LogP contribution in [0, 0.1) is 5.92 Å². The molecule has 1 saturated heterocycles. The summed E-state index contributed by atoms with van der Waals surface area (Å²) in [6, 6.07) is 2.65. The maximum atomic E-state index is 13.4. The largest absolute Gasteiger partial charge is 0.444 e.